The SMILES string of the molecule is C#CC(NC)c1cc(C)cc(C)n1. The number of aryl methyl sites for hydroxylation is 2. The summed E-state index contributed by atoms with van der Waals surface area (Å²) in [6.07, 6.45) is 5.36. The molecule has 0 radical (unpaired) electrons. The Bertz CT molecular complexity index is 316. The maximum Gasteiger partial charge on any atom is 0.111 e. The van der Waals surface area contributed by atoms with E-state index in [-0.39, 0.29) is 6.04 Å². The van der Waals surface area contributed by atoms with E-state index >= 15 is 0 Å². The Balaban J connectivity index is 3.08. The van der Waals surface area contributed by atoms with E-state index in [1.807, 2.05) is 33.0 Å². The fraction of sp³-hybridized carbons (Fsp3) is 0.364. The van der Waals surface area contributed by atoms with Gasteiger partial charge in [0.2, 0.25) is 0 Å². The predicted octanol–water partition coefficient (Wildman–Crippen LogP) is 1.59. The van der Waals surface area contributed by atoms with E-state index in [0.717, 1.165) is 11.4 Å². The minimum Gasteiger partial charge on any atom is -0.302 e. The minimum atomic E-state index is -0.0846. The van der Waals surface area contributed by atoms with Crippen molar-refractivity contribution in [3.05, 3.63) is 29.1 Å². The average molecular weight is 174 g/mol. The van der Waals surface area contributed by atoms with Crippen LogP contribution in [-0.2, 0) is 0 Å². The number of terminal acetylenes is 1. The molecule has 1 rings (SSSR count). The van der Waals surface area contributed by atoms with E-state index in [1.165, 1.54) is 5.56 Å². The zero-order valence-corrected chi connectivity index (χ0v) is 8.26. The number of pyridine rings is 1. The molecular formula is C11H14N2. The number of nitrogens with zero attached hydrogens (tertiary/aromatic N) is 1. The largest absolute Gasteiger partial charge is 0.302 e. The molecule has 0 fully saturated rings. The maximum absolute atomic E-state index is 5.36. The summed E-state index contributed by atoms with van der Waals surface area (Å²) in [5.41, 5.74) is 3.12. The molecule has 0 aliphatic heterocycles. The molecule has 2 heteroatoms. The van der Waals surface area contributed by atoms with E-state index in [9.17, 15) is 0 Å². The molecule has 1 unspecified atom stereocenters. The van der Waals surface area contributed by atoms with Crippen molar-refractivity contribution in [3.63, 3.8) is 0 Å². The van der Waals surface area contributed by atoms with Gasteiger partial charge in [-0.25, -0.2) is 0 Å². The summed E-state index contributed by atoms with van der Waals surface area (Å²) in [4.78, 5) is 4.37. The van der Waals surface area contributed by atoms with Gasteiger partial charge in [-0.1, -0.05) is 5.92 Å². The van der Waals surface area contributed by atoms with E-state index in [2.05, 4.69) is 16.2 Å². The fourth-order valence-corrected chi connectivity index (χ4v) is 1.34. The Kier molecular flexibility index (Phi) is 3.05. The third-order valence-electron chi connectivity index (χ3n) is 1.87. The molecular weight excluding hydrogens is 160 g/mol. The van der Waals surface area contributed by atoms with Gasteiger partial charge in [0, 0.05) is 5.69 Å². The van der Waals surface area contributed by atoms with Crippen molar-refractivity contribution >= 4 is 0 Å². The van der Waals surface area contributed by atoms with Crippen molar-refractivity contribution < 1.29 is 0 Å². The monoisotopic (exact) mass is 174 g/mol. The second kappa shape index (κ2) is 4.06. The molecule has 0 spiro atoms. The summed E-state index contributed by atoms with van der Waals surface area (Å²) in [7, 11) is 1.84. The van der Waals surface area contributed by atoms with Crippen molar-refractivity contribution in [1.29, 1.82) is 0 Å². The van der Waals surface area contributed by atoms with Crippen LogP contribution in [0.3, 0.4) is 0 Å². The molecule has 13 heavy (non-hydrogen) atoms. The lowest BCUT2D eigenvalue weighted by Crippen LogP contribution is -2.16. The highest BCUT2D eigenvalue weighted by Crippen LogP contribution is 2.11. The number of nitrogens with one attached hydrogen (secondary N) is 1. The van der Waals surface area contributed by atoms with E-state index in [0.29, 0.717) is 0 Å². The number of aromatic nitrogens is 1. The van der Waals surface area contributed by atoms with Gasteiger partial charge < -0.3 is 5.32 Å². The lowest BCUT2D eigenvalue weighted by molar-refractivity contribution is 0.709. The molecule has 0 saturated carbocycles. The van der Waals surface area contributed by atoms with Crippen LogP contribution in [0.15, 0.2) is 12.1 Å². The van der Waals surface area contributed by atoms with Crippen LogP contribution in [-0.4, -0.2) is 12.0 Å². The first kappa shape index (κ1) is 9.76. The first-order valence-corrected chi connectivity index (χ1v) is 4.26. The molecule has 1 N–H and O–H groups in total. The molecule has 0 aromatic carbocycles. The molecule has 1 aromatic heterocycles. The Morgan fingerprint density at radius 1 is 1.46 bits per heavy atom. The standard InChI is InChI=1S/C11H14N2/c1-5-10(12-4)11-7-8(2)6-9(3)13-11/h1,6-7,10,12H,2-4H3. The van der Waals surface area contributed by atoms with E-state index in [1.54, 1.807) is 0 Å². The van der Waals surface area contributed by atoms with Crippen LogP contribution in [0.5, 0.6) is 0 Å². The molecule has 2 nitrogen and oxygen atoms in total. The number of hydrogen-bond donors (Lipinski definition) is 1. The van der Waals surface area contributed by atoms with Gasteiger partial charge in [0.05, 0.1) is 5.69 Å². The van der Waals surface area contributed by atoms with E-state index in [4.69, 9.17) is 6.42 Å². The first-order valence-electron chi connectivity index (χ1n) is 4.26. The molecule has 0 aliphatic rings. The van der Waals surface area contributed by atoms with Gasteiger partial charge in [0.1, 0.15) is 6.04 Å². The van der Waals surface area contributed by atoms with Crippen molar-refractivity contribution in [2.75, 3.05) is 7.05 Å². The summed E-state index contributed by atoms with van der Waals surface area (Å²) >= 11 is 0. The molecule has 68 valence electrons. The topological polar surface area (TPSA) is 24.9 Å². The highest BCUT2D eigenvalue weighted by Gasteiger charge is 2.07. The fourth-order valence-electron chi connectivity index (χ4n) is 1.34. The lowest BCUT2D eigenvalue weighted by atomic mass is 10.1. The summed E-state index contributed by atoms with van der Waals surface area (Å²) in [5.74, 6) is 2.65. The van der Waals surface area contributed by atoms with Gasteiger partial charge in [-0.3, -0.25) is 4.98 Å². The van der Waals surface area contributed by atoms with Crippen molar-refractivity contribution in [1.82, 2.24) is 10.3 Å². The van der Waals surface area contributed by atoms with Gasteiger partial charge in [0.25, 0.3) is 0 Å². The molecule has 1 heterocycles. The van der Waals surface area contributed by atoms with Crippen LogP contribution in [0, 0.1) is 26.2 Å². The molecule has 0 amide bonds. The molecule has 0 saturated heterocycles. The highest BCUT2D eigenvalue weighted by atomic mass is 14.9. The van der Waals surface area contributed by atoms with E-state index < -0.39 is 0 Å². The van der Waals surface area contributed by atoms with Gasteiger partial charge in [0.15, 0.2) is 0 Å². The zero-order valence-electron chi connectivity index (χ0n) is 8.26. The highest BCUT2D eigenvalue weighted by molar-refractivity contribution is 5.25. The smallest absolute Gasteiger partial charge is 0.111 e. The number of hydrogen-bond acceptors (Lipinski definition) is 2. The third kappa shape index (κ3) is 2.30. The van der Waals surface area contributed by atoms with Crippen molar-refractivity contribution in [2.45, 2.75) is 19.9 Å². The Morgan fingerprint density at radius 3 is 2.62 bits per heavy atom. The first-order chi connectivity index (χ1) is 6.17. The van der Waals surface area contributed by atoms with Crippen LogP contribution in [0.1, 0.15) is 23.0 Å². The van der Waals surface area contributed by atoms with Gasteiger partial charge >= 0.3 is 0 Å². The molecule has 0 bridgehead atoms. The predicted molar refractivity (Wildman–Crippen MR) is 54.3 cm³/mol. The van der Waals surface area contributed by atoms with Gasteiger partial charge in [-0.15, -0.1) is 6.42 Å². The quantitative estimate of drug-likeness (QED) is 0.689. The summed E-state index contributed by atoms with van der Waals surface area (Å²) in [6, 6.07) is 3.96. The average Bonchev–Trinajstić information content (AvgIpc) is 2.04. The van der Waals surface area contributed by atoms with Crippen molar-refractivity contribution in [3.8, 4) is 12.3 Å². The summed E-state index contributed by atoms with van der Waals surface area (Å²) in [6.45, 7) is 4.02. The summed E-state index contributed by atoms with van der Waals surface area (Å²) < 4.78 is 0. The minimum absolute atomic E-state index is 0.0846. The van der Waals surface area contributed by atoms with Crippen LogP contribution in [0.25, 0.3) is 0 Å². The van der Waals surface area contributed by atoms with Crippen LogP contribution in [0.2, 0.25) is 0 Å². The molecule has 1 atom stereocenters. The second-order valence-corrected chi connectivity index (χ2v) is 3.10. The maximum atomic E-state index is 5.36. The Labute approximate surface area is 79.4 Å². The normalized spacial score (nSPS) is 12.2. The Hall–Kier alpha value is -1.33. The lowest BCUT2D eigenvalue weighted by Gasteiger charge is -2.10. The van der Waals surface area contributed by atoms with Gasteiger partial charge in [-0.2, -0.15) is 0 Å². The number of rotatable bonds is 2. The summed E-state index contributed by atoms with van der Waals surface area (Å²) in [5, 5.41) is 3.02. The third-order valence-corrected chi connectivity index (χ3v) is 1.87. The Morgan fingerprint density at radius 2 is 2.15 bits per heavy atom. The van der Waals surface area contributed by atoms with Crippen LogP contribution >= 0.6 is 0 Å². The van der Waals surface area contributed by atoms with Crippen LogP contribution in [0.4, 0.5) is 0 Å². The second-order valence-electron chi connectivity index (χ2n) is 3.10. The molecule has 1 aromatic rings. The zero-order chi connectivity index (χ0) is 9.84. The molecule has 0 aliphatic carbocycles. The van der Waals surface area contributed by atoms with Gasteiger partial charge in [-0.05, 0) is 38.6 Å². The van der Waals surface area contributed by atoms with Crippen LogP contribution < -0.4 is 5.32 Å². The van der Waals surface area contributed by atoms with Crippen molar-refractivity contribution in [2.24, 2.45) is 0 Å².